The summed E-state index contributed by atoms with van der Waals surface area (Å²) in [6.07, 6.45) is 2.87. The van der Waals surface area contributed by atoms with E-state index in [0.717, 1.165) is 31.7 Å². The van der Waals surface area contributed by atoms with E-state index in [9.17, 15) is 9.18 Å². The second kappa shape index (κ2) is 7.88. The standard InChI is InChI=1S/C18H21FN4O/c19-15-4-6-16(7-5-15)22-18(24)21-11-14-8-10-23(12-14)13-17-3-1-2-9-20-17/h1-7,9,14H,8,10-13H2,(H2,21,22,24)/t14-/m0/s1. The number of amides is 2. The van der Waals surface area contributed by atoms with Gasteiger partial charge in [0.1, 0.15) is 5.82 Å². The maximum atomic E-state index is 12.8. The summed E-state index contributed by atoms with van der Waals surface area (Å²) in [6.45, 7) is 3.45. The molecule has 0 saturated carbocycles. The molecule has 0 spiro atoms. The monoisotopic (exact) mass is 328 g/mol. The molecule has 126 valence electrons. The predicted octanol–water partition coefficient (Wildman–Crippen LogP) is 2.86. The van der Waals surface area contributed by atoms with E-state index in [1.807, 2.05) is 24.4 Å². The van der Waals surface area contributed by atoms with E-state index in [1.54, 1.807) is 12.1 Å². The maximum Gasteiger partial charge on any atom is 0.319 e. The Balaban J connectivity index is 1.39. The molecule has 0 aliphatic carbocycles. The molecule has 1 aromatic carbocycles. The number of rotatable bonds is 5. The van der Waals surface area contributed by atoms with Crippen LogP contribution >= 0.6 is 0 Å². The first-order chi connectivity index (χ1) is 11.7. The van der Waals surface area contributed by atoms with Crippen LogP contribution in [0.15, 0.2) is 48.7 Å². The number of likely N-dealkylation sites (tertiary alicyclic amines) is 1. The Morgan fingerprint density at radius 2 is 2.08 bits per heavy atom. The van der Waals surface area contributed by atoms with Crippen LogP contribution in [0.4, 0.5) is 14.9 Å². The van der Waals surface area contributed by atoms with Crippen LogP contribution in [0.5, 0.6) is 0 Å². The zero-order chi connectivity index (χ0) is 16.8. The minimum absolute atomic E-state index is 0.259. The number of benzene rings is 1. The fourth-order valence-corrected chi connectivity index (χ4v) is 2.89. The van der Waals surface area contributed by atoms with Gasteiger partial charge in [-0.05, 0) is 55.3 Å². The van der Waals surface area contributed by atoms with E-state index >= 15 is 0 Å². The van der Waals surface area contributed by atoms with Crippen LogP contribution in [-0.4, -0.2) is 35.5 Å². The molecular formula is C18H21FN4O. The fraction of sp³-hybridized carbons (Fsp3) is 0.333. The van der Waals surface area contributed by atoms with Gasteiger partial charge in [0.25, 0.3) is 0 Å². The Morgan fingerprint density at radius 3 is 2.83 bits per heavy atom. The van der Waals surface area contributed by atoms with Crippen molar-refractivity contribution in [3.63, 3.8) is 0 Å². The van der Waals surface area contributed by atoms with Crippen LogP contribution in [0.2, 0.25) is 0 Å². The second-order valence-electron chi connectivity index (χ2n) is 6.05. The average molecular weight is 328 g/mol. The van der Waals surface area contributed by atoms with Crippen molar-refractivity contribution in [1.29, 1.82) is 0 Å². The lowest BCUT2D eigenvalue weighted by molar-refractivity contribution is 0.249. The molecule has 2 amide bonds. The molecule has 1 aromatic heterocycles. The molecule has 2 N–H and O–H groups in total. The molecule has 2 heterocycles. The summed E-state index contributed by atoms with van der Waals surface area (Å²) in [7, 11) is 0. The highest BCUT2D eigenvalue weighted by molar-refractivity contribution is 5.89. The maximum absolute atomic E-state index is 12.8. The third kappa shape index (κ3) is 4.76. The van der Waals surface area contributed by atoms with Crippen molar-refractivity contribution in [3.05, 3.63) is 60.2 Å². The highest BCUT2D eigenvalue weighted by Crippen LogP contribution is 2.17. The highest BCUT2D eigenvalue weighted by atomic mass is 19.1. The lowest BCUT2D eigenvalue weighted by Crippen LogP contribution is -2.34. The van der Waals surface area contributed by atoms with Gasteiger partial charge in [0.2, 0.25) is 0 Å². The molecule has 3 rings (SSSR count). The van der Waals surface area contributed by atoms with Gasteiger partial charge in [-0.2, -0.15) is 0 Å². The molecule has 0 unspecified atom stereocenters. The van der Waals surface area contributed by atoms with E-state index < -0.39 is 0 Å². The smallest absolute Gasteiger partial charge is 0.319 e. The molecule has 0 bridgehead atoms. The Morgan fingerprint density at radius 1 is 1.25 bits per heavy atom. The number of carbonyl (C=O) groups excluding carboxylic acids is 1. The molecule has 5 nitrogen and oxygen atoms in total. The lowest BCUT2D eigenvalue weighted by atomic mass is 10.1. The third-order valence-electron chi connectivity index (χ3n) is 4.14. The summed E-state index contributed by atoms with van der Waals surface area (Å²) in [4.78, 5) is 18.6. The number of nitrogens with one attached hydrogen (secondary N) is 2. The van der Waals surface area contributed by atoms with Crippen LogP contribution in [0, 0.1) is 11.7 Å². The van der Waals surface area contributed by atoms with Gasteiger partial charge in [-0.15, -0.1) is 0 Å². The lowest BCUT2D eigenvalue weighted by Gasteiger charge is -2.16. The van der Waals surface area contributed by atoms with Gasteiger partial charge >= 0.3 is 6.03 Å². The number of aromatic nitrogens is 1. The quantitative estimate of drug-likeness (QED) is 0.887. The molecule has 1 aliphatic heterocycles. The number of hydrogen-bond acceptors (Lipinski definition) is 3. The highest BCUT2D eigenvalue weighted by Gasteiger charge is 2.23. The van der Waals surface area contributed by atoms with Crippen molar-refractivity contribution in [2.45, 2.75) is 13.0 Å². The average Bonchev–Trinajstić information content (AvgIpc) is 3.03. The number of anilines is 1. The normalized spacial score (nSPS) is 17.6. The molecular weight excluding hydrogens is 307 g/mol. The summed E-state index contributed by atoms with van der Waals surface area (Å²) in [5.74, 6) is 0.118. The summed E-state index contributed by atoms with van der Waals surface area (Å²) in [5, 5.41) is 5.59. The van der Waals surface area contributed by atoms with E-state index in [0.29, 0.717) is 18.2 Å². The van der Waals surface area contributed by atoms with Crippen molar-refractivity contribution in [1.82, 2.24) is 15.2 Å². The first-order valence-corrected chi connectivity index (χ1v) is 8.12. The Labute approximate surface area is 140 Å². The number of pyridine rings is 1. The summed E-state index contributed by atoms with van der Waals surface area (Å²) in [6, 6.07) is 11.4. The zero-order valence-electron chi connectivity index (χ0n) is 13.4. The molecule has 1 saturated heterocycles. The number of carbonyl (C=O) groups is 1. The largest absolute Gasteiger partial charge is 0.338 e. The predicted molar refractivity (Wildman–Crippen MR) is 91.0 cm³/mol. The van der Waals surface area contributed by atoms with Crippen molar-refractivity contribution < 1.29 is 9.18 Å². The topological polar surface area (TPSA) is 57.3 Å². The van der Waals surface area contributed by atoms with Crippen molar-refractivity contribution in [2.75, 3.05) is 25.0 Å². The first-order valence-electron chi connectivity index (χ1n) is 8.12. The Hall–Kier alpha value is -2.47. The summed E-state index contributed by atoms with van der Waals surface area (Å²) < 4.78 is 12.8. The van der Waals surface area contributed by atoms with E-state index in [1.165, 1.54) is 12.1 Å². The van der Waals surface area contributed by atoms with Crippen LogP contribution in [0.1, 0.15) is 12.1 Å². The Kier molecular flexibility index (Phi) is 5.38. The van der Waals surface area contributed by atoms with E-state index in [-0.39, 0.29) is 11.8 Å². The van der Waals surface area contributed by atoms with Crippen LogP contribution in [0.3, 0.4) is 0 Å². The van der Waals surface area contributed by atoms with Crippen LogP contribution in [-0.2, 0) is 6.54 Å². The van der Waals surface area contributed by atoms with Crippen molar-refractivity contribution in [3.8, 4) is 0 Å². The molecule has 1 atom stereocenters. The van der Waals surface area contributed by atoms with Gasteiger partial charge in [-0.1, -0.05) is 6.07 Å². The first kappa shape index (κ1) is 16.4. The van der Waals surface area contributed by atoms with E-state index in [2.05, 4.69) is 20.5 Å². The second-order valence-corrected chi connectivity index (χ2v) is 6.05. The summed E-state index contributed by atoms with van der Waals surface area (Å²) >= 11 is 0. The minimum Gasteiger partial charge on any atom is -0.338 e. The zero-order valence-corrected chi connectivity index (χ0v) is 13.4. The van der Waals surface area contributed by atoms with Gasteiger partial charge < -0.3 is 10.6 Å². The number of nitrogens with zero attached hydrogens (tertiary/aromatic N) is 2. The van der Waals surface area contributed by atoms with Gasteiger partial charge in [0.15, 0.2) is 0 Å². The minimum atomic E-state index is -0.320. The Bertz CT molecular complexity index is 662. The SMILES string of the molecule is O=C(NC[C@@H]1CCN(Cc2ccccn2)C1)Nc1ccc(F)cc1. The summed E-state index contributed by atoms with van der Waals surface area (Å²) in [5.41, 5.74) is 1.65. The number of urea groups is 1. The molecule has 1 fully saturated rings. The van der Waals surface area contributed by atoms with Gasteiger partial charge in [-0.25, -0.2) is 9.18 Å². The number of hydrogen-bond donors (Lipinski definition) is 2. The van der Waals surface area contributed by atoms with Gasteiger partial charge in [0, 0.05) is 31.5 Å². The van der Waals surface area contributed by atoms with Crippen LogP contribution in [0.25, 0.3) is 0 Å². The molecule has 6 heteroatoms. The van der Waals surface area contributed by atoms with Crippen molar-refractivity contribution >= 4 is 11.7 Å². The van der Waals surface area contributed by atoms with Crippen molar-refractivity contribution in [2.24, 2.45) is 5.92 Å². The molecule has 1 aliphatic rings. The van der Waals surface area contributed by atoms with Gasteiger partial charge in [0.05, 0.1) is 5.69 Å². The molecule has 0 radical (unpaired) electrons. The molecule has 24 heavy (non-hydrogen) atoms. The van der Waals surface area contributed by atoms with Crippen LogP contribution < -0.4 is 10.6 Å². The third-order valence-corrected chi connectivity index (χ3v) is 4.14. The van der Waals surface area contributed by atoms with E-state index in [4.69, 9.17) is 0 Å². The fourth-order valence-electron chi connectivity index (χ4n) is 2.89. The number of halogens is 1. The molecule has 2 aromatic rings. The van der Waals surface area contributed by atoms with Gasteiger partial charge in [-0.3, -0.25) is 9.88 Å².